The highest BCUT2D eigenvalue weighted by atomic mass is 16.5. The first kappa shape index (κ1) is 17.2. The Morgan fingerprint density at radius 3 is 2.38 bits per heavy atom. The Labute approximate surface area is 131 Å². The van der Waals surface area contributed by atoms with Gasteiger partial charge in [-0.1, -0.05) is 39.5 Å². The topological polar surface area (TPSA) is 30.5 Å². The van der Waals surface area contributed by atoms with E-state index in [4.69, 9.17) is 9.47 Å². The number of hydrogen-bond acceptors (Lipinski definition) is 3. The summed E-state index contributed by atoms with van der Waals surface area (Å²) in [6, 6.07) is 0.692. The van der Waals surface area contributed by atoms with Crippen LogP contribution in [-0.2, 0) is 9.47 Å². The van der Waals surface area contributed by atoms with Crippen LogP contribution < -0.4 is 5.32 Å². The average Bonchev–Trinajstić information content (AvgIpc) is 2.76. The zero-order chi connectivity index (χ0) is 15.0. The lowest BCUT2D eigenvalue weighted by molar-refractivity contribution is -0.151. The molecular formula is C18H35NO2. The molecular weight excluding hydrogens is 262 g/mol. The molecule has 124 valence electrons. The first-order chi connectivity index (χ1) is 10.3. The number of hydrogen-bond donors (Lipinski definition) is 1. The van der Waals surface area contributed by atoms with E-state index >= 15 is 0 Å². The Kier molecular flexibility index (Phi) is 7.48. The van der Waals surface area contributed by atoms with Gasteiger partial charge in [0.2, 0.25) is 0 Å². The van der Waals surface area contributed by atoms with Gasteiger partial charge < -0.3 is 14.8 Å². The van der Waals surface area contributed by atoms with E-state index in [0.717, 1.165) is 32.8 Å². The first-order valence-electron chi connectivity index (χ1n) is 9.26. The highest BCUT2D eigenvalue weighted by molar-refractivity contribution is 5.08. The van der Waals surface area contributed by atoms with Crippen molar-refractivity contribution in [2.75, 3.05) is 26.4 Å². The third-order valence-corrected chi connectivity index (χ3v) is 5.36. The molecule has 2 aliphatic rings. The fourth-order valence-electron chi connectivity index (χ4n) is 4.14. The SMILES string of the molecule is CCCNC1CC(OCCOCCC)C12CCCCCC2. The molecule has 0 bridgehead atoms. The molecule has 0 aromatic heterocycles. The zero-order valence-electron chi connectivity index (χ0n) is 14.2. The molecule has 0 amide bonds. The summed E-state index contributed by atoms with van der Waals surface area (Å²) in [6.45, 7) is 7.95. The lowest BCUT2D eigenvalue weighted by Crippen LogP contribution is -2.64. The van der Waals surface area contributed by atoms with Crippen molar-refractivity contribution >= 4 is 0 Å². The van der Waals surface area contributed by atoms with E-state index in [9.17, 15) is 0 Å². The van der Waals surface area contributed by atoms with Crippen LogP contribution in [0.15, 0.2) is 0 Å². The predicted molar refractivity (Wildman–Crippen MR) is 87.7 cm³/mol. The summed E-state index contributed by atoms with van der Waals surface area (Å²) in [5, 5.41) is 3.79. The molecule has 2 unspecified atom stereocenters. The van der Waals surface area contributed by atoms with E-state index in [-0.39, 0.29) is 0 Å². The van der Waals surface area contributed by atoms with Gasteiger partial charge in [0.1, 0.15) is 0 Å². The number of nitrogens with one attached hydrogen (secondary N) is 1. The van der Waals surface area contributed by atoms with Gasteiger partial charge in [-0.2, -0.15) is 0 Å². The van der Waals surface area contributed by atoms with Gasteiger partial charge in [-0.15, -0.1) is 0 Å². The Morgan fingerprint density at radius 1 is 0.952 bits per heavy atom. The number of rotatable bonds is 9. The molecule has 0 saturated heterocycles. The van der Waals surface area contributed by atoms with Gasteiger partial charge in [0, 0.05) is 18.1 Å². The molecule has 0 heterocycles. The molecule has 3 nitrogen and oxygen atoms in total. The monoisotopic (exact) mass is 297 g/mol. The zero-order valence-corrected chi connectivity index (χ0v) is 14.2. The summed E-state index contributed by atoms with van der Waals surface area (Å²) in [7, 11) is 0. The molecule has 0 radical (unpaired) electrons. The molecule has 3 heteroatoms. The molecule has 2 aliphatic carbocycles. The Hall–Kier alpha value is -0.120. The third kappa shape index (κ3) is 4.43. The number of ether oxygens (including phenoxy) is 2. The fourth-order valence-corrected chi connectivity index (χ4v) is 4.14. The minimum atomic E-state index is 0.427. The summed E-state index contributed by atoms with van der Waals surface area (Å²) in [6.07, 6.45) is 12.3. The van der Waals surface area contributed by atoms with Crippen molar-refractivity contribution in [1.82, 2.24) is 5.32 Å². The van der Waals surface area contributed by atoms with Crippen molar-refractivity contribution in [1.29, 1.82) is 0 Å². The van der Waals surface area contributed by atoms with Crippen LogP contribution in [0.4, 0.5) is 0 Å². The van der Waals surface area contributed by atoms with Gasteiger partial charge in [-0.3, -0.25) is 0 Å². The molecule has 2 atom stereocenters. The van der Waals surface area contributed by atoms with E-state index in [1.807, 2.05) is 0 Å². The van der Waals surface area contributed by atoms with Crippen LogP contribution in [0, 0.1) is 5.41 Å². The summed E-state index contributed by atoms with van der Waals surface area (Å²) < 4.78 is 11.8. The lowest BCUT2D eigenvalue weighted by atomic mass is 9.57. The van der Waals surface area contributed by atoms with E-state index in [1.54, 1.807) is 0 Å². The van der Waals surface area contributed by atoms with E-state index in [1.165, 1.54) is 51.4 Å². The maximum absolute atomic E-state index is 6.22. The van der Waals surface area contributed by atoms with Gasteiger partial charge in [0.25, 0.3) is 0 Å². The summed E-state index contributed by atoms with van der Waals surface area (Å²) in [4.78, 5) is 0. The van der Waals surface area contributed by atoms with Gasteiger partial charge >= 0.3 is 0 Å². The molecule has 2 rings (SSSR count). The van der Waals surface area contributed by atoms with Gasteiger partial charge in [0.15, 0.2) is 0 Å². The quantitative estimate of drug-likeness (QED) is 0.655. The van der Waals surface area contributed by atoms with Crippen LogP contribution in [0.25, 0.3) is 0 Å². The van der Waals surface area contributed by atoms with Crippen molar-refractivity contribution < 1.29 is 9.47 Å². The standard InChI is InChI=1S/C18H35NO2/c1-3-11-19-16-15-17(21-14-13-20-12-4-2)18(16)9-7-5-6-8-10-18/h16-17,19H,3-15H2,1-2H3. The summed E-state index contributed by atoms with van der Waals surface area (Å²) >= 11 is 0. The molecule has 1 spiro atoms. The van der Waals surface area contributed by atoms with Crippen LogP contribution in [0.3, 0.4) is 0 Å². The Morgan fingerprint density at radius 2 is 1.71 bits per heavy atom. The van der Waals surface area contributed by atoms with Crippen molar-refractivity contribution in [3.63, 3.8) is 0 Å². The smallest absolute Gasteiger partial charge is 0.0704 e. The van der Waals surface area contributed by atoms with Crippen LogP contribution in [0.2, 0.25) is 0 Å². The minimum Gasteiger partial charge on any atom is -0.379 e. The summed E-state index contributed by atoms with van der Waals surface area (Å²) in [5.74, 6) is 0. The Bertz CT molecular complexity index is 274. The molecule has 0 aliphatic heterocycles. The first-order valence-corrected chi connectivity index (χ1v) is 9.26. The van der Waals surface area contributed by atoms with Crippen molar-refractivity contribution in [3.8, 4) is 0 Å². The highest BCUT2D eigenvalue weighted by Crippen LogP contribution is 2.52. The second kappa shape index (κ2) is 9.12. The Balaban J connectivity index is 1.82. The van der Waals surface area contributed by atoms with E-state index < -0.39 is 0 Å². The van der Waals surface area contributed by atoms with E-state index in [2.05, 4.69) is 19.2 Å². The maximum atomic E-state index is 6.22. The second-order valence-electron chi connectivity index (χ2n) is 6.86. The average molecular weight is 297 g/mol. The van der Waals surface area contributed by atoms with Crippen molar-refractivity contribution in [2.45, 2.75) is 83.8 Å². The van der Waals surface area contributed by atoms with Gasteiger partial charge in [-0.25, -0.2) is 0 Å². The molecule has 2 saturated carbocycles. The van der Waals surface area contributed by atoms with Crippen LogP contribution in [0.5, 0.6) is 0 Å². The molecule has 0 aromatic carbocycles. The molecule has 2 fully saturated rings. The van der Waals surface area contributed by atoms with Crippen LogP contribution in [0.1, 0.15) is 71.6 Å². The van der Waals surface area contributed by atoms with Gasteiger partial charge in [-0.05, 0) is 38.6 Å². The molecule has 0 aromatic rings. The second-order valence-corrected chi connectivity index (χ2v) is 6.86. The van der Waals surface area contributed by atoms with Crippen molar-refractivity contribution in [3.05, 3.63) is 0 Å². The maximum Gasteiger partial charge on any atom is 0.0704 e. The summed E-state index contributed by atoms with van der Waals surface area (Å²) in [5.41, 5.74) is 0.427. The minimum absolute atomic E-state index is 0.427. The van der Waals surface area contributed by atoms with Crippen molar-refractivity contribution in [2.24, 2.45) is 5.41 Å². The van der Waals surface area contributed by atoms with Crippen LogP contribution >= 0.6 is 0 Å². The van der Waals surface area contributed by atoms with Crippen LogP contribution in [-0.4, -0.2) is 38.5 Å². The fraction of sp³-hybridized carbons (Fsp3) is 1.00. The predicted octanol–water partition coefficient (Wildman–Crippen LogP) is 3.91. The molecule has 1 N–H and O–H groups in total. The molecule has 21 heavy (non-hydrogen) atoms. The third-order valence-electron chi connectivity index (χ3n) is 5.36. The van der Waals surface area contributed by atoms with E-state index in [0.29, 0.717) is 17.6 Å². The highest BCUT2D eigenvalue weighted by Gasteiger charge is 2.54. The van der Waals surface area contributed by atoms with Gasteiger partial charge in [0.05, 0.1) is 19.3 Å². The largest absolute Gasteiger partial charge is 0.379 e. The lowest BCUT2D eigenvalue weighted by Gasteiger charge is -2.56. The normalized spacial score (nSPS) is 28.3.